The maximum absolute atomic E-state index is 3.89. The maximum Gasteiger partial charge on any atom is 0.0130 e. The zero-order valence-electron chi connectivity index (χ0n) is 12.8. The van der Waals surface area contributed by atoms with E-state index in [9.17, 15) is 0 Å². The van der Waals surface area contributed by atoms with E-state index in [0.717, 1.165) is 12.0 Å². The summed E-state index contributed by atoms with van der Waals surface area (Å²) in [5.41, 5.74) is 1.70. The third-order valence-electron chi connectivity index (χ3n) is 4.49. The first-order valence-electron chi connectivity index (χ1n) is 7.87. The van der Waals surface area contributed by atoms with Gasteiger partial charge in [-0.2, -0.15) is 0 Å². The molecule has 0 atom stereocenters. The van der Waals surface area contributed by atoms with E-state index in [1.165, 1.54) is 44.1 Å². The Kier molecular flexibility index (Phi) is 5.04. The molecule has 1 aromatic rings. The molecule has 1 N–H and O–H groups in total. The van der Waals surface area contributed by atoms with E-state index in [4.69, 9.17) is 0 Å². The van der Waals surface area contributed by atoms with Crippen molar-refractivity contribution in [3.05, 3.63) is 35.9 Å². The van der Waals surface area contributed by atoms with E-state index < -0.39 is 0 Å². The predicted molar refractivity (Wildman–Crippen MR) is 83.4 cm³/mol. The fourth-order valence-electron chi connectivity index (χ4n) is 3.13. The highest BCUT2D eigenvalue weighted by molar-refractivity contribution is 5.15. The van der Waals surface area contributed by atoms with Crippen LogP contribution in [0.1, 0.15) is 58.4 Å². The third kappa shape index (κ3) is 4.99. The van der Waals surface area contributed by atoms with Gasteiger partial charge in [-0.15, -0.1) is 0 Å². The molecule has 0 radical (unpaired) electrons. The Morgan fingerprint density at radius 1 is 1.05 bits per heavy atom. The average molecular weight is 259 g/mol. The Morgan fingerprint density at radius 2 is 1.68 bits per heavy atom. The molecule has 0 aromatic heterocycles. The van der Waals surface area contributed by atoms with Crippen LogP contribution >= 0.6 is 0 Å². The SMILES string of the molecule is CC1CCC(NC(C)(C)CCc2ccccc2)CC1. The Balaban J connectivity index is 1.78. The van der Waals surface area contributed by atoms with Gasteiger partial charge in [0.15, 0.2) is 0 Å². The van der Waals surface area contributed by atoms with Crippen molar-refractivity contribution in [2.75, 3.05) is 0 Å². The molecule has 1 aliphatic rings. The molecule has 0 heterocycles. The number of rotatable bonds is 5. The lowest BCUT2D eigenvalue weighted by Crippen LogP contribution is -2.47. The van der Waals surface area contributed by atoms with Crippen LogP contribution in [-0.4, -0.2) is 11.6 Å². The van der Waals surface area contributed by atoms with Gasteiger partial charge in [-0.05, 0) is 63.9 Å². The minimum absolute atomic E-state index is 0.251. The zero-order valence-corrected chi connectivity index (χ0v) is 12.8. The highest BCUT2D eigenvalue weighted by Crippen LogP contribution is 2.26. The topological polar surface area (TPSA) is 12.0 Å². The summed E-state index contributed by atoms with van der Waals surface area (Å²) in [4.78, 5) is 0. The molecule has 0 unspecified atom stereocenters. The molecule has 2 rings (SSSR count). The minimum Gasteiger partial charge on any atom is -0.309 e. The summed E-state index contributed by atoms with van der Waals surface area (Å²) in [7, 11) is 0. The van der Waals surface area contributed by atoms with E-state index >= 15 is 0 Å². The van der Waals surface area contributed by atoms with E-state index in [1.807, 2.05) is 0 Å². The summed E-state index contributed by atoms with van der Waals surface area (Å²) in [6, 6.07) is 11.6. The van der Waals surface area contributed by atoms with Crippen molar-refractivity contribution in [2.45, 2.75) is 70.9 Å². The second kappa shape index (κ2) is 6.56. The Hall–Kier alpha value is -0.820. The van der Waals surface area contributed by atoms with E-state index in [-0.39, 0.29) is 5.54 Å². The molecule has 1 nitrogen and oxygen atoms in total. The molecule has 1 fully saturated rings. The summed E-state index contributed by atoms with van der Waals surface area (Å²) < 4.78 is 0. The van der Waals surface area contributed by atoms with Crippen molar-refractivity contribution in [2.24, 2.45) is 5.92 Å². The van der Waals surface area contributed by atoms with Crippen LogP contribution < -0.4 is 5.32 Å². The lowest BCUT2D eigenvalue weighted by atomic mass is 9.85. The molecule has 0 aliphatic heterocycles. The summed E-state index contributed by atoms with van der Waals surface area (Å²) in [5, 5.41) is 3.89. The van der Waals surface area contributed by atoms with Gasteiger partial charge in [0.1, 0.15) is 0 Å². The van der Waals surface area contributed by atoms with Crippen molar-refractivity contribution in [1.29, 1.82) is 0 Å². The molecule has 1 aromatic carbocycles. The summed E-state index contributed by atoms with van der Waals surface area (Å²) in [5.74, 6) is 0.936. The number of nitrogens with one attached hydrogen (secondary N) is 1. The number of benzene rings is 1. The highest BCUT2D eigenvalue weighted by atomic mass is 15.0. The largest absolute Gasteiger partial charge is 0.309 e. The van der Waals surface area contributed by atoms with E-state index in [1.54, 1.807) is 0 Å². The van der Waals surface area contributed by atoms with Crippen molar-refractivity contribution in [1.82, 2.24) is 5.32 Å². The van der Waals surface area contributed by atoms with Gasteiger partial charge in [0.25, 0.3) is 0 Å². The second-order valence-electron chi connectivity index (χ2n) is 6.97. The van der Waals surface area contributed by atoms with Gasteiger partial charge in [0.05, 0.1) is 0 Å². The predicted octanol–water partition coefficient (Wildman–Crippen LogP) is 4.57. The molecule has 1 heteroatoms. The summed E-state index contributed by atoms with van der Waals surface area (Å²) >= 11 is 0. The van der Waals surface area contributed by atoms with Gasteiger partial charge in [-0.25, -0.2) is 0 Å². The van der Waals surface area contributed by atoms with Crippen molar-refractivity contribution in [3.63, 3.8) is 0 Å². The number of hydrogen-bond acceptors (Lipinski definition) is 1. The normalized spacial score (nSPS) is 24.4. The quantitative estimate of drug-likeness (QED) is 0.817. The molecule has 1 saturated carbocycles. The monoisotopic (exact) mass is 259 g/mol. The van der Waals surface area contributed by atoms with Crippen LogP contribution in [0.5, 0.6) is 0 Å². The van der Waals surface area contributed by atoms with Crippen LogP contribution in [0, 0.1) is 5.92 Å². The number of aryl methyl sites for hydroxylation is 1. The zero-order chi connectivity index (χ0) is 13.7. The third-order valence-corrected chi connectivity index (χ3v) is 4.49. The number of hydrogen-bond donors (Lipinski definition) is 1. The molecule has 106 valence electrons. The average Bonchev–Trinajstić information content (AvgIpc) is 2.40. The van der Waals surface area contributed by atoms with E-state index in [2.05, 4.69) is 56.4 Å². The van der Waals surface area contributed by atoms with Crippen molar-refractivity contribution in [3.8, 4) is 0 Å². The lowest BCUT2D eigenvalue weighted by molar-refractivity contribution is 0.240. The Morgan fingerprint density at radius 3 is 2.32 bits per heavy atom. The van der Waals surface area contributed by atoms with Crippen molar-refractivity contribution >= 4 is 0 Å². The molecule has 19 heavy (non-hydrogen) atoms. The van der Waals surface area contributed by atoms with Gasteiger partial charge in [0, 0.05) is 11.6 Å². The second-order valence-corrected chi connectivity index (χ2v) is 6.97. The molecule has 0 saturated heterocycles. The van der Waals surface area contributed by atoms with Crippen LogP contribution in [-0.2, 0) is 6.42 Å². The minimum atomic E-state index is 0.251. The molecule has 0 amide bonds. The Labute approximate surface area is 118 Å². The van der Waals surface area contributed by atoms with E-state index in [0.29, 0.717) is 0 Å². The first kappa shape index (κ1) is 14.6. The van der Waals surface area contributed by atoms with Crippen LogP contribution in [0.2, 0.25) is 0 Å². The van der Waals surface area contributed by atoms with Gasteiger partial charge < -0.3 is 5.32 Å². The van der Waals surface area contributed by atoms with Crippen LogP contribution in [0.4, 0.5) is 0 Å². The first-order chi connectivity index (χ1) is 9.05. The molecule has 0 spiro atoms. The molecule has 0 bridgehead atoms. The van der Waals surface area contributed by atoms with Gasteiger partial charge in [-0.3, -0.25) is 0 Å². The lowest BCUT2D eigenvalue weighted by Gasteiger charge is -2.35. The summed E-state index contributed by atoms with van der Waals surface area (Å²) in [6.45, 7) is 7.10. The maximum atomic E-state index is 3.89. The molecule has 1 aliphatic carbocycles. The van der Waals surface area contributed by atoms with Gasteiger partial charge in [0.2, 0.25) is 0 Å². The van der Waals surface area contributed by atoms with Crippen LogP contribution in [0.15, 0.2) is 30.3 Å². The fourth-order valence-corrected chi connectivity index (χ4v) is 3.13. The molecular formula is C18H29N. The van der Waals surface area contributed by atoms with Crippen LogP contribution in [0.25, 0.3) is 0 Å². The smallest absolute Gasteiger partial charge is 0.0130 e. The highest BCUT2D eigenvalue weighted by Gasteiger charge is 2.25. The van der Waals surface area contributed by atoms with Gasteiger partial charge >= 0.3 is 0 Å². The fraction of sp³-hybridized carbons (Fsp3) is 0.667. The Bertz CT molecular complexity index is 361. The van der Waals surface area contributed by atoms with Crippen LogP contribution in [0.3, 0.4) is 0 Å². The summed E-state index contributed by atoms with van der Waals surface area (Å²) in [6.07, 6.45) is 7.89. The standard InChI is InChI=1S/C18H29N/c1-15-9-11-17(12-10-15)19-18(2,3)14-13-16-7-5-4-6-8-16/h4-8,15,17,19H,9-14H2,1-3H3. The van der Waals surface area contributed by atoms with Crippen molar-refractivity contribution < 1.29 is 0 Å². The van der Waals surface area contributed by atoms with Gasteiger partial charge in [-0.1, -0.05) is 37.3 Å². The first-order valence-corrected chi connectivity index (χ1v) is 7.87. The molecular weight excluding hydrogens is 230 g/mol.